The maximum absolute atomic E-state index is 12.4. The van der Waals surface area contributed by atoms with Crippen LogP contribution in [0.15, 0.2) is 29.2 Å². The summed E-state index contributed by atoms with van der Waals surface area (Å²) in [5, 5.41) is 0. The molecule has 1 aliphatic heterocycles. The normalized spacial score (nSPS) is 16.1. The number of carbonyl (C=O) groups excluding carboxylic acids is 1. The second-order valence-corrected chi connectivity index (χ2v) is 7.68. The molecule has 2 rings (SSSR count). The smallest absolute Gasteiger partial charge is 0.253 e. The Bertz CT molecular complexity index is 637. The summed E-state index contributed by atoms with van der Waals surface area (Å²) in [7, 11) is -3.48. The van der Waals surface area contributed by atoms with Gasteiger partial charge in [0, 0.05) is 37.8 Å². The van der Waals surface area contributed by atoms with Gasteiger partial charge in [0.05, 0.1) is 4.90 Å². The van der Waals surface area contributed by atoms with Gasteiger partial charge >= 0.3 is 0 Å². The van der Waals surface area contributed by atoms with E-state index in [1.54, 1.807) is 30.9 Å². The van der Waals surface area contributed by atoms with Crippen molar-refractivity contribution in [2.75, 3.05) is 26.2 Å². The number of benzene rings is 1. The molecule has 0 spiro atoms. The number of carbonyl (C=O) groups is 1. The molecule has 1 aromatic carbocycles. The monoisotopic (exact) mass is 375 g/mol. The molecule has 0 aromatic heterocycles. The molecule has 0 bridgehead atoms. The summed E-state index contributed by atoms with van der Waals surface area (Å²) in [6.45, 7) is 5.76. The van der Waals surface area contributed by atoms with Crippen molar-refractivity contribution < 1.29 is 13.2 Å². The summed E-state index contributed by atoms with van der Waals surface area (Å²) in [6, 6.07) is 6.37. The zero-order valence-electron chi connectivity index (χ0n) is 14.1. The standard InChI is InChI=1S/C16H25N3O3S.ClH/c1-3-19(4-2)23(21,22)15-7-5-13(6-8-15)16(20)18-11-9-14(17)10-12-18;/h5-8,14H,3-4,9-12,17H2,1-2H3;1H. The predicted octanol–water partition coefficient (Wildman–Crippen LogP) is 1.70. The number of sulfonamides is 1. The summed E-state index contributed by atoms with van der Waals surface area (Å²) in [6.07, 6.45) is 1.61. The van der Waals surface area contributed by atoms with Crippen LogP contribution in [-0.4, -0.2) is 55.8 Å². The number of rotatable bonds is 5. The van der Waals surface area contributed by atoms with Crippen LogP contribution in [0.4, 0.5) is 0 Å². The SMILES string of the molecule is CCN(CC)S(=O)(=O)c1ccc(C(=O)N2CCC(N)CC2)cc1.Cl. The highest BCUT2D eigenvalue weighted by Gasteiger charge is 2.24. The van der Waals surface area contributed by atoms with E-state index >= 15 is 0 Å². The minimum Gasteiger partial charge on any atom is -0.339 e. The van der Waals surface area contributed by atoms with Crippen molar-refractivity contribution in [3.8, 4) is 0 Å². The Hall–Kier alpha value is -1.15. The van der Waals surface area contributed by atoms with Gasteiger partial charge in [-0.1, -0.05) is 13.8 Å². The second kappa shape index (κ2) is 8.80. The molecule has 6 nitrogen and oxygen atoms in total. The zero-order valence-corrected chi connectivity index (χ0v) is 15.8. The summed E-state index contributed by atoms with van der Waals surface area (Å²) in [5.41, 5.74) is 6.36. The Kier molecular flexibility index (Phi) is 7.66. The van der Waals surface area contributed by atoms with Gasteiger partial charge in [0.25, 0.3) is 5.91 Å². The van der Waals surface area contributed by atoms with Gasteiger partial charge in [0.2, 0.25) is 10.0 Å². The molecule has 1 amide bonds. The highest BCUT2D eigenvalue weighted by atomic mass is 35.5. The molecule has 0 atom stereocenters. The number of hydrogen-bond donors (Lipinski definition) is 1. The molecule has 0 radical (unpaired) electrons. The fraction of sp³-hybridized carbons (Fsp3) is 0.562. The minimum atomic E-state index is -3.48. The van der Waals surface area contributed by atoms with Crippen LogP contribution in [0.2, 0.25) is 0 Å². The molecule has 1 heterocycles. The van der Waals surface area contributed by atoms with E-state index in [4.69, 9.17) is 5.73 Å². The van der Waals surface area contributed by atoms with E-state index in [0.29, 0.717) is 31.7 Å². The second-order valence-electron chi connectivity index (χ2n) is 5.74. The first kappa shape index (κ1) is 20.9. The van der Waals surface area contributed by atoms with E-state index in [1.807, 2.05) is 0 Å². The third-order valence-electron chi connectivity index (χ3n) is 4.27. The molecule has 136 valence electrons. The topological polar surface area (TPSA) is 83.7 Å². The average Bonchev–Trinajstić information content (AvgIpc) is 2.56. The Morgan fingerprint density at radius 2 is 1.67 bits per heavy atom. The molecule has 8 heteroatoms. The Labute approximate surface area is 150 Å². The lowest BCUT2D eigenvalue weighted by atomic mass is 10.1. The van der Waals surface area contributed by atoms with Crippen LogP contribution >= 0.6 is 12.4 Å². The minimum absolute atomic E-state index is 0. The highest BCUT2D eigenvalue weighted by molar-refractivity contribution is 7.89. The van der Waals surface area contributed by atoms with Crippen LogP contribution in [0.3, 0.4) is 0 Å². The van der Waals surface area contributed by atoms with E-state index in [0.717, 1.165) is 12.8 Å². The molecule has 2 N–H and O–H groups in total. The van der Waals surface area contributed by atoms with Crippen molar-refractivity contribution in [1.82, 2.24) is 9.21 Å². The lowest BCUT2D eigenvalue weighted by molar-refractivity contribution is 0.0714. The molecule has 1 aliphatic rings. The van der Waals surface area contributed by atoms with Crippen molar-refractivity contribution in [2.45, 2.75) is 37.6 Å². The van der Waals surface area contributed by atoms with Crippen molar-refractivity contribution >= 4 is 28.3 Å². The molecular weight excluding hydrogens is 350 g/mol. The van der Waals surface area contributed by atoms with E-state index < -0.39 is 10.0 Å². The van der Waals surface area contributed by atoms with Crippen molar-refractivity contribution in [1.29, 1.82) is 0 Å². The average molecular weight is 376 g/mol. The number of piperidine rings is 1. The van der Waals surface area contributed by atoms with Crippen LogP contribution in [0, 0.1) is 0 Å². The van der Waals surface area contributed by atoms with E-state index in [2.05, 4.69) is 0 Å². The summed E-state index contributed by atoms with van der Waals surface area (Å²) in [4.78, 5) is 14.4. The maximum atomic E-state index is 12.4. The Balaban J connectivity index is 0.00000288. The molecular formula is C16H26ClN3O3S. The fourth-order valence-corrected chi connectivity index (χ4v) is 4.23. The van der Waals surface area contributed by atoms with Crippen LogP contribution in [0.1, 0.15) is 37.0 Å². The van der Waals surface area contributed by atoms with Gasteiger partial charge in [-0.15, -0.1) is 12.4 Å². The quantitative estimate of drug-likeness (QED) is 0.848. The number of likely N-dealkylation sites (tertiary alicyclic amines) is 1. The first-order valence-electron chi connectivity index (χ1n) is 8.05. The van der Waals surface area contributed by atoms with Crippen molar-refractivity contribution in [2.24, 2.45) is 5.73 Å². The Morgan fingerprint density at radius 1 is 1.17 bits per heavy atom. The van der Waals surface area contributed by atoms with E-state index in [1.165, 1.54) is 16.4 Å². The molecule has 1 aromatic rings. The Morgan fingerprint density at radius 3 is 2.12 bits per heavy atom. The van der Waals surface area contributed by atoms with Crippen LogP contribution in [0.25, 0.3) is 0 Å². The van der Waals surface area contributed by atoms with Crippen molar-refractivity contribution in [3.05, 3.63) is 29.8 Å². The molecule has 0 saturated carbocycles. The van der Waals surface area contributed by atoms with Gasteiger partial charge < -0.3 is 10.6 Å². The number of nitrogens with two attached hydrogens (primary N) is 1. The fourth-order valence-electron chi connectivity index (χ4n) is 2.77. The first-order chi connectivity index (χ1) is 10.9. The maximum Gasteiger partial charge on any atom is 0.253 e. The van der Waals surface area contributed by atoms with E-state index in [-0.39, 0.29) is 29.3 Å². The van der Waals surface area contributed by atoms with Gasteiger partial charge in [-0.2, -0.15) is 4.31 Å². The summed E-state index contributed by atoms with van der Waals surface area (Å²) < 4.78 is 26.3. The van der Waals surface area contributed by atoms with E-state index in [9.17, 15) is 13.2 Å². The van der Waals surface area contributed by atoms with Gasteiger partial charge in [0.1, 0.15) is 0 Å². The number of hydrogen-bond acceptors (Lipinski definition) is 4. The van der Waals surface area contributed by atoms with Crippen molar-refractivity contribution in [3.63, 3.8) is 0 Å². The van der Waals surface area contributed by atoms with Crippen LogP contribution < -0.4 is 5.73 Å². The third kappa shape index (κ3) is 4.47. The molecule has 1 fully saturated rings. The number of halogens is 1. The number of nitrogens with zero attached hydrogens (tertiary/aromatic N) is 2. The predicted molar refractivity (Wildman–Crippen MR) is 96.9 cm³/mol. The summed E-state index contributed by atoms with van der Waals surface area (Å²) in [5.74, 6) is -0.0660. The lowest BCUT2D eigenvalue weighted by Crippen LogP contribution is -2.42. The largest absolute Gasteiger partial charge is 0.339 e. The highest BCUT2D eigenvalue weighted by Crippen LogP contribution is 2.18. The molecule has 0 aliphatic carbocycles. The molecule has 24 heavy (non-hydrogen) atoms. The summed E-state index contributed by atoms with van der Waals surface area (Å²) >= 11 is 0. The van der Waals surface area contributed by atoms with Gasteiger partial charge in [-0.3, -0.25) is 4.79 Å². The van der Waals surface area contributed by atoms with Crippen LogP contribution in [0.5, 0.6) is 0 Å². The third-order valence-corrected chi connectivity index (χ3v) is 6.34. The van der Waals surface area contributed by atoms with Gasteiger partial charge in [0.15, 0.2) is 0 Å². The lowest BCUT2D eigenvalue weighted by Gasteiger charge is -2.30. The van der Waals surface area contributed by atoms with Crippen LogP contribution in [-0.2, 0) is 10.0 Å². The number of amides is 1. The zero-order chi connectivity index (χ0) is 17.0. The first-order valence-corrected chi connectivity index (χ1v) is 9.49. The van der Waals surface area contributed by atoms with Gasteiger partial charge in [-0.05, 0) is 37.1 Å². The van der Waals surface area contributed by atoms with Gasteiger partial charge in [-0.25, -0.2) is 8.42 Å². The molecule has 1 saturated heterocycles. The molecule has 0 unspecified atom stereocenters.